The highest BCUT2D eigenvalue weighted by Crippen LogP contribution is 2.40. The zero-order chi connectivity index (χ0) is 18.6. The lowest BCUT2D eigenvalue weighted by Gasteiger charge is -2.14. The molecule has 1 aliphatic rings. The lowest BCUT2D eigenvalue weighted by atomic mass is 9.97. The Morgan fingerprint density at radius 1 is 1.22 bits per heavy atom. The van der Waals surface area contributed by atoms with Gasteiger partial charge in [0.2, 0.25) is 5.91 Å². The van der Waals surface area contributed by atoms with Crippen LogP contribution < -0.4 is 5.32 Å². The van der Waals surface area contributed by atoms with Crippen LogP contribution in [0, 0.1) is 0 Å². The Labute approximate surface area is 167 Å². The Hall–Kier alpha value is -1.92. The Bertz CT molecular complexity index is 939. The first kappa shape index (κ1) is 18.4. The number of nitrogens with one attached hydrogen (secondary N) is 1. The van der Waals surface area contributed by atoms with Crippen LogP contribution in [0.3, 0.4) is 0 Å². The molecular formula is C21H23N3OS2. The maximum atomic E-state index is 12.5. The van der Waals surface area contributed by atoms with Crippen molar-refractivity contribution in [1.82, 2.24) is 15.3 Å². The van der Waals surface area contributed by atoms with Gasteiger partial charge in [0, 0.05) is 16.8 Å². The third kappa shape index (κ3) is 4.17. The molecule has 1 atom stereocenters. The van der Waals surface area contributed by atoms with Crippen molar-refractivity contribution in [3.63, 3.8) is 0 Å². The fourth-order valence-electron chi connectivity index (χ4n) is 3.49. The molecule has 0 unspecified atom stereocenters. The predicted octanol–water partition coefficient (Wildman–Crippen LogP) is 4.41. The molecule has 4 nitrogen and oxygen atoms in total. The highest BCUT2D eigenvalue weighted by Gasteiger charge is 2.22. The van der Waals surface area contributed by atoms with E-state index in [1.807, 2.05) is 25.1 Å². The predicted molar refractivity (Wildman–Crippen MR) is 113 cm³/mol. The molecule has 0 aliphatic heterocycles. The summed E-state index contributed by atoms with van der Waals surface area (Å²) in [5.74, 6) is 0.0618. The Kier molecular flexibility index (Phi) is 5.74. The lowest BCUT2D eigenvalue weighted by Crippen LogP contribution is -2.32. The van der Waals surface area contributed by atoms with Gasteiger partial charge in [0.05, 0.1) is 5.25 Å². The van der Waals surface area contributed by atoms with Gasteiger partial charge < -0.3 is 5.32 Å². The molecule has 27 heavy (non-hydrogen) atoms. The second kappa shape index (κ2) is 8.40. The van der Waals surface area contributed by atoms with Crippen LogP contribution in [0.25, 0.3) is 10.2 Å². The molecule has 0 saturated heterocycles. The second-order valence-corrected chi connectivity index (χ2v) is 9.27. The highest BCUT2D eigenvalue weighted by molar-refractivity contribution is 8.00. The minimum atomic E-state index is -0.182. The molecule has 0 saturated carbocycles. The van der Waals surface area contributed by atoms with Gasteiger partial charge in [-0.15, -0.1) is 11.3 Å². The van der Waals surface area contributed by atoms with Gasteiger partial charge in [-0.3, -0.25) is 4.79 Å². The van der Waals surface area contributed by atoms with E-state index in [1.54, 1.807) is 29.4 Å². The molecule has 140 valence electrons. The minimum Gasteiger partial charge on any atom is -0.355 e. The van der Waals surface area contributed by atoms with Gasteiger partial charge >= 0.3 is 0 Å². The number of hydrogen-bond donors (Lipinski definition) is 1. The van der Waals surface area contributed by atoms with Gasteiger partial charge in [-0.05, 0) is 50.2 Å². The average molecular weight is 398 g/mol. The van der Waals surface area contributed by atoms with Crippen LogP contribution in [-0.4, -0.2) is 27.7 Å². The number of nitrogens with zero attached hydrogens (tertiary/aromatic N) is 2. The van der Waals surface area contributed by atoms with Crippen molar-refractivity contribution in [3.05, 3.63) is 52.7 Å². The second-order valence-electron chi connectivity index (χ2n) is 6.86. The number of fused-ring (bicyclic) bond motifs is 3. The van der Waals surface area contributed by atoms with Crippen molar-refractivity contribution in [2.75, 3.05) is 6.54 Å². The molecule has 0 bridgehead atoms. The number of rotatable bonds is 6. The van der Waals surface area contributed by atoms with Gasteiger partial charge in [0.25, 0.3) is 0 Å². The van der Waals surface area contributed by atoms with Gasteiger partial charge in [0.15, 0.2) is 0 Å². The van der Waals surface area contributed by atoms with Crippen molar-refractivity contribution in [2.24, 2.45) is 0 Å². The summed E-state index contributed by atoms with van der Waals surface area (Å²) in [6.07, 6.45) is 7.22. The average Bonchev–Trinajstić information content (AvgIpc) is 3.08. The van der Waals surface area contributed by atoms with E-state index in [0.29, 0.717) is 6.54 Å². The lowest BCUT2D eigenvalue weighted by molar-refractivity contribution is -0.120. The van der Waals surface area contributed by atoms with Crippen molar-refractivity contribution >= 4 is 39.2 Å². The van der Waals surface area contributed by atoms with Crippen LogP contribution in [0.5, 0.6) is 0 Å². The zero-order valence-electron chi connectivity index (χ0n) is 15.4. The molecule has 1 aromatic carbocycles. The molecule has 4 rings (SSSR count). The number of carbonyl (C=O) groups excluding carboxylic acids is 1. The number of carbonyl (C=O) groups is 1. The molecule has 1 amide bonds. The molecule has 1 aliphatic carbocycles. The summed E-state index contributed by atoms with van der Waals surface area (Å²) >= 11 is 3.34. The van der Waals surface area contributed by atoms with Crippen molar-refractivity contribution in [1.29, 1.82) is 0 Å². The Morgan fingerprint density at radius 3 is 2.89 bits per heavy atom. The van der Waals surface area contributed by atoms with E-state index in [1.165, 1.54) is 34.2 Å². The van der Waals surface area contributed by atoms with Crippen molar-refractivity contribution in [2.45, 2.75) is 49.3 Å². The van der Waals surface area contributed by atoms with Gasteiger partial charge in [-0.25, -0.2) is 9.97 Å². The number of amides is 1. The number of benzene rings is 1. The quantitative estimate of drug-likeness (QED) is 0.494. The first-order valence-corrected chi connectivity index (χ1v) is 11.2. The monoisotopic (exact) mass is 397 g/mol. The minimum absolute atomic E-state index is 0.0618. The van der Waals surface area contributed by atoms with Gasteiger partial charge in [-0.1, -0.05) is 42.1 Å². The molecule has 0 spiro atoms. The fraction of sp³-hybridized carbons (Fsp3) is 0.381. The molecule has 2 aromatic heterocycles. The van der Waals surface area contributed by atoms with Gasteiger partial charge in [-0.2, -0.15) is 0 Å². The molecule has 2 heterocycles. The van der Waals surface area contributed by atoms with Crippen molar-refractivity contribution < 1.29 is 4.79 Å². The Morgan fingerprint density at radius 2 is 2.04 bits per heavy atom. The first-order valence-electron chi connectivity index (χ1n) is 9.46. The number of thiophene rings is 1. The summed E-state index contributed by atoms with van der Waals surface area (Å²) in [7, 11) is 0. The third-order valence-corrected chi connectivity index (χ3v) is 7.23. The summed E-state index contributed by atoms with van der Waals surface area (Å²) in [5, 5.41) is 5.01. The molecule has 6 heteroatoms. The summed E-state index contributed by atoms with van der Waals surface area (Å²) in [6.45, 7) is 2.61. The third-order valence-electron chi connectivity index (χ3n) is 4.93. The van der Waals surface area contributed by atoms with Crippen LogP contribution in [0.15, 0.2) is 41.7 Å². The normalized spacial score (nSPS) is 14.7. The van der Waals surface area contributed by atoms with E-state index in [9.17, 15) is 4.79 Å². The van der Waals surface area contributed by atoms with Crippen LogP contribution in [0.2, 0.25) is 0 Å². The smallest absolute Gasteiger partial charge is 0.233 e. The molecular weight excluding hydrogens is 374 g/mol. The number of aromatic nitrogens is 2. The number of thioether (sulfide) groups is 1. The maximum absolute atomic E-state index is 12.5. The molecule has 0 radical (unpaired) electrons. The number of hydrogen-bond acceptors (Lipinski definition) is 5. The largest absolute Gasteiger partial charge is 0.355 e. The SMILES string of the molecule is C[C@H](Sc1ncnc2sc3c(c12)CCCC3)C(=O)NCCc1ccccc1. The van der Waals surface area contributed by atoms with Gasteiger partial charge in [0.1, 0.15) is 16.2 Å². The summed E-state index contributed by atoms with van der Waals surface area (Å²) in [5.41, 5.74) is 2.65. The summed E-state index contributed by atoms with van der Waals surface area (Å²) < 4.78 is 0. The maximum Gasteiger partial charge on any atom is 0.233 e. The van der Waals surface area contributed by atoms with Crippen LogP contribution >= 0.6 is 23.1 Å². The van der Waals surface area contributed by atoms with E-state index in [-0.39, 0.29) is 11.2 Å². The first-order chi connectivity index (χ1) is 13.2. The Balaban J connectivity index is 1.42. The van der Waals surface area contributed by atoms with Crippen molar-refractivity contribution in [3.8, 4) is 0 Å². The standard InChI is InChI=1S/C21H23N3OS2/c1-14(19(25)22-12-11-15-7-3-2-4-8-15)26-20-18-16-9-5-6-10-17(16)27-21(18)24-13-23-20/h2-4,7-8,13-14H,5-6,9-12H2,1H3,(H,22,25)/t14-/m0/s1. The van der Waals surface area contributed by atoms with Crippen LogP contribution in [0.1, 0.15) is 35.8 Å². The fourth-order valence-corrected chi connectivity index (χ4v) is 5.75. The van der Waals surface area contributed by atoms with E-state index in [0.717, 1.165) is 29.1 Å². The van der Waals surface area contributed by atoms with E-state index >= 15 is 0 Å². The topological polar surface area (TPSA) is 54.9 Å². The number of aryl methyl sites for hydroxylation is 2. The molecule has 3 aromatic rings. The molecule has 0 fully saturated rings. The van der Waals surface area contributed by atoms with Crippen LogP contribution in [0.4, 0.5) is 0 Å². The zero-order valence-corrected chi connectivity index (χ0v) is 17.0. The van der Waals surface area contributed by atoms with E-state index in [2.05, 4.69) is 27.4 Å². The highest BCUT2D eigenvalue weighted by atomic mass is 32.2. The summed E-state index contributed by atoms with van der Waals surface area (Å²) in [6, 6.07) is 10.2. The molecule has 1 N–H and O–H groups in total. The van der Waals surface area contributed by atoms with Crippen LogP contribution in [-0.2, 0) is 24.1 Å². The van der Waals surface area contributed by atoms with E-state index in [4.69, 9.17) is 0 Å². The summed E-state index contributed by atoms with van der Waals surface area (Å²) in [4.78, 5) is 24.0. The van der Waals surface area contributed by atoms with E-state index < -0.39 is 0 Å².